The summed E-state index contributed by atoms with van der Waals surface area (Å²) in [6.45, 7) is 0.790. The van der Waals surface area contributed by atoms with Crippen molar-refractivity contribution in [3.8, 4) is 11.4 Å². The van der Waals surface area contributed by atoms with Crippen LogP contribution in [0, 0.1) is 5.92 Å². The highest BCUT2D eigenvalue weighted by molar-refractivity contribution is 6.30. The number of halogens is 1. The van der Waals surface area contributed by atoms with Gasteiger partial charge in [-0.3, -0.25) is 4.79 Å². The summed E-state index contributed by atoms with van der Waals surface area (Å²) in [5.74, 6) is 1.55. The number of hydrogen-bond donors (Lipinski definition) is 0. The van der Waals surface area contributed by atoms with Crippen molar-refractivity contribution in [1.29, 1.82) is 0 Å². The number of likely N-dealkylation sites (tertiary alicyclic amines) is 1. The van der Waals surface area contributed by atoms with Crippen molar-refractivity contribution >= 4 is 17.5 Å². The summed E-state index contributed by atoms with van der Waals surface area (Å²) in [5.41, 5.74) is 0.863. The van der Waals surface area contributed by atoms with E-state index in [-0.39, 0.29) is 17.9 Å². The zero-order chi connectivity index (χ0) is 16.5. The van der Waals surface area contributed by atoms with Gasteiger partial charge in [0.2, 0.25) is 17.6 Å². The molecule has 2 fully saturated rings. The summed E-state index contributed by atoms with van der Waals surface area (Å²) in [7, 11) is 0. The molecular weight excluding hydrogens is 326 g/mol. The van der Waals surface area contributed by atoms with Crippen LogP contribution in [0.1, 0.15) is 50.5 Å². The highest BCUT2D eigenvalue weighted by atomic mass is 35.5. The largest absolute Gasteiger partial charge is 0.337 e. The monoisotopic (exact) mass is 345 g/mol. The molecule has 126 valence electrons. The molecular formula is C18H20ClN3O2. The highest BCUT2D eigenvalue weighted by Gasteiger charge is 2.37. The van der Waals surface area contributed by atoms with Crippen LogP contribution in [-0.4, -0.2) is 27.5 Å². The molecule has 2 heterocycles. The van der Waals surface area contributed by atoms with Gasteiger partial charge in [-0.05, 0) is 56.4 Å². The Labute approximate surface area is 146 Å². The van der Waals surface area contributed by atoms with Crippen LogP contribution in [0.4, 0.5) is 0 Å². The minimum Gasteiger partial charge on any atom is -0.337 e. The molecule has 0 radical (unpaired) electrons. The Morgan fingerprint density at radius 2 is 1.92 bits per heavy atom. The first-order valence-corrected chi connectivity index (χ1v) is 9.00. The van der Waals surface area contributed by atoms with Crippen LogP contribution in [0.3, 0.4) is 0 Å². The number of benzene rings is 1. The van der Waals surface area contributed by atoms with Crippen LogP contribution in [0.15, 0.2) is 28.8 Å². The van der Waals surface area contributed by atoms with E-state index in [1.165, 1.54) is 0 Å². The molecule has 2 aromatic rings. The Balaban J connectivity index is 1.57. The molecule has 6 heteroatoms. The molecule has 0 bridgehead atoms. The van der Waals surface area contributed by atoms with Crippen molar-refractivity contribution < 1.29 is 9.32 Å². The van der Waals surface area contributed by atoms with E-state index in [0.717, 1.165) is 50.6 Å². The van der Waals surface area contributed by atoms with Gasteiger partial charge >= 0.3 is 0 Å². The first-order valence-electron chi connectivity index (χ1n) is 8.62. The van der Waals surface area contributed by atoms with E-state index in [9.17, 15) is 4.79 Å². The molecule has 1 atom stereocenters. The minimum absolute atomic E-state index is 0.0830. The average Bonchev–Trinajstić information content (AvgIpc) is 3.04. The van der Waals surface area contributed by atoms with Crippen molar-refractivity contribution in [2.75, 3.05) is 6.54 Å². The van der Waals surface area contributed by atoms with Crippen LogP contribution in [0.5, 0.6) is 0 Å². The smallest absolute Gasteiger partial charge is 0.249 e. The van der Waals surface area contributed by atoms with Gasteiger partial charge in [0.05, 0.1) is 0 Å². The summed E-state index contributed by atoms with van der Waals surface area (Å²) in [4.78, 5) is 19.2. The quantitative estimate of drug-likeness (QED) is 0.834. The van der Waals surface area contributed by atoms with E-state index >= 15 is 0 Å². The topological polar surface area (TPSA) is 59.2 Å². The molecule has 1 amide bonds. The normalized spacial score (nSPS) is 21.5. The van der Waals surface area contributed by atoms with Crippen LogP contribution in [-0.2, 0) is 4.79 Å². The summed E-state index contributed by atoms with van der Waals surface area (Å²) in [6, 6.07) is 7.27. The maximum atomic E-state index is 12.7. The van der Waals surface area contributed by atoms with Crippen LogP contribution in [0.2, 0.25) is 5.02 Å². The molecule has 1 aliphatic heterocycles. The number of carbonyl (C=O) groups excluding carboxylic acids is 1. The Kier molecular flexibility index (Phi) is 4.27. The number of nitrogens with zero attached hydrogens (tertiary/aromatic N) is 3. The zero-order valence-corrected chi connectivity index (χ0v) is 14.2. The second-order valence-electron chi connectivity index (χ2n) is 6.63. The summed E-state index contributed by atoms with van der Waals surface area (Å²) in [5, 5.41) is 4.77. The van der Waals surface area contributed by atoms with E-state index in [0.29, 0.717) is 16.7 Å². The lowest BCUT2D eigenvalue weighted by Gasteiger charge is -2.38. The molecule has 5 nitrogen and oxygen atoms in total. The third kappa shape index (κ3) is 2.93. The van der Waals surface area contributed by atoms with E-state index in [2.05, 4.69) is 10.1 Å². The molecule has 1 saturated carbocycles. The third-order valence-corrected chi connectivity index (χ3v) is 5.32. The predicted molar refractivity (Wildman–Crippen MR) is 90.4 cm³/mol. The molecule has 0 N–H and O–H groups in total. The molecule has 24 heavy (non-hydrogen) atoms. The van der Waals surface area contributed by atoms with Crippen LogP contribution in [0.25, 0.3) is 11.4 Å². The van der Waals surface area contributed by atoms with Crippen molar-refractivity contribution in [1.82, 2.24) is 15.0 Å². The molecule has 2 aliphatic rings. The lowest BCUT2D eigenvalue weighted by atomic mass is 9.83. The fraction of sp³-hybridized carbons (Fsp3) is 0.500. The van der Waals surface area contributed by atoms with Crippen LogP contribution < -0.4 is 0 Å². The first kappa shape index (κ1) is 15.6. The van der Waals surface area contributed by atoms with E-state index in [1.807, 2.05) is 17.0 Å². The summed E-state index contributed by atoms with van der Waals surface area (Å²) >= 11 is 5.92. The van der Waals surface area contributed by atoms with Gasteiger partial charge < -0.3 is 9.42 Å². The molecule has 0 spiro atoms. The van der Waals surface area contributed by atoms with Gasteiger partial charge in [0.15, 0.2) is 0 Å². The molecule has 4 rings (SSSR count). The van der Waals surface area contributed by atoms with E-state index in [1.54, 1.807) is 12.1 Å². The van der Waals surface area contributed by atoms with Gasteiger partial charge in [-0.2, -0.15) is 4.98 Å². The number of carbonyl (C=O) groups is 1. The maximum Gasteiger partial charge on any atom is 0.249 e. The second kappa shape index (κ2) is 6.55. The SMILES string of the molecule is O=C(C1CCC1)N1CCCC[C@H]1c1nc(-c2ccc(Cl)cc2)no1. The Bertz CT molecular complexity index is 724. The van der Waals surface area contributed by atoms with E-state index in [4.69, 9.17) is 16.1 Å². The van der Waals surface area contributed by atoms with Gasteiger partial charge in [-0.25, -0.2) is 0 Å². The first-order chi connectivity index (χ1) is 11.7. The number of rotatable bonds is 3. The molecule has 1 aromatic carbocycles. The highest BCUT2D eigenvalue weighted by Crippen LogP contribution is 2.36. The van der Waals surface area contributed by atoms with Crippen LogP contribution >= 0.6 is 11.6 Å². The fourth-order valence-corrected chi connectivity index (χ4v) is 3.55. The molecule has 0 unspecified atom stereocenters. The van der Waals surface area contributed by atoms with Crippen molar-refractivity contribution in [3.63, 3.8) is 0 Å². The van der Waals surface area contributed by atoms with Crippen molar-refractivity contribution in [2.24, 2.45) is 5.92 Å². The Morgan fingerprint density at radius 3 is 2.62 bits per heavy atom. The third-order valence-electron chi connectivity index (χ3n) is 5.07. The van der Waals surface area contributed by atoms with Crippen molar-refractivity contribution in [3.05, 3.63) is 35.2 Å². The summed E-state index contributed by atoms with van der Waals surface area (Å²) in [6.07, 6.45) is 6.21. The van der Waals surface area contributed by atoms with E-state index < -0.39 is 0 Å². The van der Waals surface area contributed by atoms with Crippen molar-refractivity contribution in [2.45, 2.75) is 44.6 Å². The van der Waals surface area contributed by atoms with Gasteiger partial charge in [0, 0.05) is 23.0 Å². The van der Waals surface area contributed by atoms with Gasteiger partial charge in [-0.15, -0.1) is 0 Å². The predicted octanol–water partition coefficient (Wildman–Crippen LogP) is 4.24. The maximum absolute atomic E-state index is 12.7. The summed E-state index contributed by atoms with van der Waals surface area (Å²) < 4.78 is 5.51. The second-order valence-corrected chi connectivity index (χ2v) is 7.07. The Morgan fingerprint density at radius 1 is 1.12 bits per heavy atom. The molecule has 1 aliphatic carbocycles. The molecule has 1 aromatic heterocycles. The lowest BCUT2D eigenvalue weighted by molar-refractivity contribution is -0.142. The molecule has 1 saturated heterocycles. The standard InChI is InChI=1S/C18H20ClN3O2/c19-14-9-7-12(8-10-14)16-20-17(24-21-16)15-6-1-2-11-22(15)18(23)13-4-3-5-13/h7-10,13,15H,1-6,11H2/t15-/m0/s1. The van der Waals surface area contributed by atoms with Gasteiger partial charge in [-0.1, -0.05) is 23.2 Å². The fourth-order valence-electron chi connectivity index (χ4n) is 3.43. The number of piperidine rings is 1. The number of hydrogen-bond acceptors (Lipinski definition) is 4. The average molecular weight is 346 g/mol. The number of amides is 1. The Hall–Kier alpha value is -1.88. The van der Waals surface area contributed by atoms with Gasteiger partial charge in [0.1, 0.15) is 6.04 Å². The number of aromatic nitrogens is 2. The lowest BCUT2D eigenvalue weighted by Crippen LogP contribution is -2.43. The zero-order valence-electron chi connectivity index (χ0n) is 13.4. The van der Waals surface area contributed by atoms with Gasteiger partial charge in [0.25, 0.3) is 0 Å². The minimum atomic E-state index is -0.0830.